The van der Waals surface area contributed by atoms with Crippen molar-refractivity contribution in [3.05, 3.63) is 36.0 Å². The van der Waals surface area contributed by atoms with E-state index >= 15 is 0 Å². The molecular formula is C17H25N5O. The van der Waals surface area contributed by atoms with Gasteiger partial charge in [0.25, 0.3) is 0 Å². The van der Waals surface area contributed by atoms with Gasteiger partial charge in [-0.15, -0.1) is 0 Å². The third kappa shape index (κ3) is 6.10. The van der Waals surface area contributed by atoms with E-state index in [0.29, 0.717) is 24.8 Å². The molecule has 1 aliphatic rings. The molecule has 0 bridgehead atoms. The summed E-state index contributed by atoms with van der Waals surface area (Å²) in [4.78, 5) is 20.7. The molecule has 6 heteroatoms. The molecule has 0 unspecified atom stereocenters. The number of amides is 1. The molecule has 1 aliphatic carbocycles. The van der Waals surface area contributed by atoms with E-state index in [-0.39, 0.29) is 5.91 Å². The van der Waals surface area contributed by atoms with E-state index < -0.39 is 0 Å². The van der Waals surface area contributed by atoms with Crippen LogP contribution in [-0.4, -0.2) is 36.0 Å². The van der Waals surface area contributed by atoms with Crippen LogP contribution in [-0.2, 0) is 4.79 Å². The van der Waals surface area contributed by atoms with Crippen molar-refractivity contribution in [3.8, 4) is 0 Å². The summed E-state index contributed by atoms with van der Waals surface area (Å²) in [7, 11) is 0. The van der Waals surface area contributed by atoms with Crippen molar-refractivity contribution < 1.29 is 4.79 Å². The summed E-state index contributed by atoms with van der Waals surface area (Å²) in [5.41, 5.74) is 0.879. The number of carbonyl (C=O) groups is 1. The van der Waals surface area contributed by atoms with Gasteiger partial charge in [0.15, 0.2) is 5.96 Å². The third-order valence-corrected chi connectivity index (χ3v) is 3.46. The second-order valence-electron chi connectivity index (χ2n) is 5.51. The minimum atomic E-state index is -0.0785. The van der Waals surface area contributed by atoms with Gasteiger partial charge in [0.2, 0.25) is 5.91 Å². The zero-order valence-corrected chi connectivity index (χ0v) is 13.8. The summed E-state index contributed by atoms with van der Waals surface area (Å²) < 4.78 is 0. The van der Waals surface area contributed by atoms with Crippen LogP contribution >= 0.6 is 0 Å². The summed E-state index contributed by atoms with van der Waals surface area (Å²) in [6.45, 7) is 5.16. The second kappa shape index (κ2) is 8.92. The number of hydrogen-bond donors (Lipinski definition) is 3. The smallest absolute Gasteiger partial charge is 0.227 e. The van der Waals surface area contributed by atoms with Crippen LogP contribution in [0, 0.1) is 6.92 Å². The fraction of sp³-hybridized carbons (Fsp3) is 0.471. The van der Waals surface area contributed by atoms with E-state index in [1.807, 2.05) is 26.0 Å². The molecule has 0 saturated carbocycles. The van der Waals surface area contributed by atoms with Crippen LogP contribution in [0.3, 0.4) is 0 Å². The predicted molar refractivity (Wildman–Crippen MR) is 93.5 cm³/mol. The fourth-order valence-electron chi connectivity index (χ4n) is 2.34. The van der Waals surface area contributed by atoms with Crippen LogP contribution in [0.2, 0.25) is 0 Å². The highest BCUT2D eigenvalue weighted by Crippen LogP contribution is 2.08. The number of rotatable bonds is 6. The number of aryl methyl sites for hydroxylation is 1. The monoisotopic (exact) mass is 315 g/mol. The van der Waals surface area contributed by atoms with Crippen molar-refractivity contribution in [1.82, 2.24) is 15.6 Å². The van der Waals surface area contributed by atoms with Crippen LogP contribution in [0.4, 0.5) is 5.82 Å². The Labute approximate surface area is 137 Å². The maximum Gasteiger partial charge on any atom is 0.227 e. The maximum atomic E-state index is 11.9. The molecule has 124 valence electrons. The molecule has 2 rings (SSSR count). The Morgan fingerprint density at radius 1 is 1.35 bits per heavy atom. The van der Waals surface area contributed by atoms with Gasteiger partial charge in [0, 0.05) is 24.7 Å². The molecule has 0 aromatic carbocycles. The average Bonchev–Trinajstić information content (AvgIpc) is 3.00. The summed E-state index contributed by atoms with van der Waals surface area (Å²) in [6.07, 6.45) is 6.70. The molecule has 0 aliphatic heterocycles. The third-order valence-electron chi connectivity index (χ3n) is 3.46. The van der Waals surface area contributed by atoms with E-state index in [1.54, 1.807) is 6.07 Å². The van der Waals surface area contributed by atoms with Crippen molar-refractivity contribution in [2.45, 2.75) is 39.2 Å². The number of nitrogens with one attached hydrogen (secondary N) is 3. The molecule has 0 spiro atoms. The number of pyridine rings is 1. The van der Waals surface area contributed by atoms with Crippen molar-refractivity contribution in [2.24, 2.45) is 4.99 Å². The van der Waals surface area contributed by atoms with Gasteiger partial charge in [0.05, 0.1) is 6.54 Å². The van der Waals surface area contributed by atoms with Crippen LogP contribution in [0.15, 0.2) is 35.3 Å². The molecule has 1 heterocycles. The highest BCUT2D eigenvalue weighted by molar-refractivity contribution is 5.90. The Balaban J connectivity index is 1.78. The summed E-state index contributed by atoms with van der Waals surface area (Å²) in [5, 5.41) is 9.38. The number of aliphatic imine (C=N–C) groups is 1. The lowest BCUT2D eigenvalue weighted by molar-refractivity contribution is -0.116. The highest BCUT2D eigenvalue weighted by Gasteiger charge is 2.11. The normalized spacial score (nSPS) is 14.8. The first-order chi connectivity index (χ1) is 11.2. The van der Waals surface area contributed by atoms with Gasteiger partial charge < -0.3 is 16.0 Å². The molecule has 1 aromatic rings. The van der Waals surface area contributed by atoms with Crippen molar-refractivity contribution >= 4 is 17.7 Å². The van der Waals surface area contributed by atoms with Crippen LogP contribution in [0.25, 0.3) is 0 Å². The largest absolute Gasteiger partial charge is 0.357 e. The Morgan fingerprint density at radius 2 is 2.13 bits per heavy atom. The molecule has 6 nitrogen and oxygen atoms in total. The standard InChI is InChI=1S/C17H25N5O/c1-3-18-17(21-14-8-4-5-9-14)19-12-11-16(23)22-15-10-6-7-13(2)20-15/h4-7,10,14H,3,8-9,11-12H2,1-2H3,(H2,18,19,21)(H,20,22,23). The van der Waals surface area contributed by atoms with Crippen LogP contribution in [0.1, 0.15) is 31.9 Å². The zero-order chi connectivity index (χ0) is 16.5. The SMILES string of the molecule is CCNC(=NCCC(=O)Nc1cccc(C)n1)NC1CC=CC1. The van der Waals surface area contributed by atoms with E-state index in [0.717, 1.165) is 31.0 Å². The number of guanidine groups is 1. The zero-order valence-electron chi connectivity index (χ0n) is 13.8. The van der Waals surface area contributed by atoms with Crippen molar-refractivity contribution in [1.29, 1.82) is 0 Å². The summed E-state index contributed by atoms with van der Waals surface area (Å²) in [5.74, 6) is 1.27. The molecule has 0 atom stereocenters. The topological polar surface area (TPSA) is 78.4 Å². The molecule has 0 fully saturated rings. The molecule has 3 N–H and O–H groups in total. The Kier molecular flexibility index (Phi) is 6.59. The number of carbonyl (C=O) groups excluding carboxylic acids is 1. The highest BCUT2D eigenvalue weighted by atomic mass is 16.1. The Bertz CT molecular complexity index is 574. The van der Waals surface area contributed by atoms with Crippen molar-refractivity contribution in [2.75, 3.05) is 18.4 Å². The first-order valence-corrected chi connectivity index (χ1v) is 8.10. The summed E-state index contributed by atoms with van der Waals surface area (Å²) in [6, 6.07) is 5.95. The average molecular weight is 315 g/mol. The molecule has 1 amide bonds. The van der Waals surface area contributed by atoms with E-state index in [1.165, 1.54) is 0 Å². The minimum Gasteiger partial charge on any atom is -0.357 e. The number of aromatic nitrogens is 1. The molecule has 23 heavy (non-hydrogen) atoms. The maximum absolute atomic E-state index is 11.9. The van der Waals surface area contributed by atoms with Gasteiger partial charge in [-0.25, -0.2) is 4.98 Å². The second-order valence-corrected chi connectivity index (χ2v) is 5.51. The molecule has 1 aromatic heterocycles. The lowest BCUT2D eigenvalue weighted by Gasteiger charge is -2.16. The number of nitrogens with zero attached hydrogens (tertiary/aromatic N) is 2. The first-order valence-electron chi connectivity index (χ1n) is 8.10. The Hall–Kier alpha value is -2.37. The van der Waals surface area contributed by atoms with Gasteiger partial charge in [-0.3, -0.25) is 9.79 Å². The lowest BCUT2D eigenvalue weighted by Crippen LogP contribution is -2.42. The first kappa shape index (κ1) is 17.0. The van der Waals surface area contributed by atoms with E-state index in [4.69, 9.17) is 0 Å². The lowest BCUT2D eigenvalue weighted by atomic mass is 10.2. The number of anilines is 1. The molecule has 0 radical (unpaired) electrons. The van der Waals surface area contributed by atoms with E-state index in [9.17, 15) is 4.79 Å². The predicted octanol–water partition coefficient (Wildman–Crippen LogP) is 1.99. The van der Waals surface area contributed by atoms with Crippen LogP contribution < -0.4 is 16.0 Å². The molecular weight excluding hydrogens is 290 g/mol. The minimum absolute atomic E-state index is 0.0785. The van der Waals surface area contributed by atoms with Gasteiger partial charge in [-0.2, -0.15) is 0 Å². The fourth-order valence-corrected chi connectivity index (χ4v) is 2.34. The van der Waals surface area contributed by atoms with Gasteiger partial charge in [-0.05, 0) is 38.8 Å². The summed E-state index contributed by atoms with van der Waals surface area (Å²) >= 11 is 0. The van der Waals surface area contributed by atoms with E-state index in [2.05, 4.69) is 38.1 Å². The van der Waals surface area contributed by atoms with Crippen LogP contribution in [0.5, 0.6) is 0 Å². The Morgan fingerprint density at radius 3 is 2.83 bits per heavy atom. The molecule has 0 saturated heterocycles. The number of hydrogen-bond acceptors (Lipinski definition) is 3. The van der Waals surface area contributed by atoms with Gasteiger partial charge in [0.1, 0.15) is 5.82 Å². The van der Waals surface area contributed by atoms with Gasteiger partial charge in [-0.1, -0.05) is 18.2 Å². The van der Waals surface area contributed by atoms with Crippen molar-refractivity contribution in [3.63, 3.8) is 0 Å². The quantitative estimate of drug-likeness (QED) is 0.426. The van der Waals surface area contributed by atoms with Gasteiger partial charge >= 0.3 is 0 Å².